The van der Waals surface area contributed by atoms with Gasteiger partial charge in [0, 0.05) is 96.4 Å². The lowest BCUT2D eigenvalue weighted by atomic mass is 10.0. The molecule has 0 radical (unpaired) electrons. The molecular formula is C72H44ClIN8S2. The molecule has 2 N–H and O–H groups in total. The summed E-state index contributed by atoms with van der Waals surface area (Å²) in [6.45, 7) is 0. The zero-order valence-electron chi connectivity index (χ0n) is 44.5. The van der Waals surface area contributed by atoms with Gasteiger partial charge in [-0.25, -0.2) is 9.97 Å². The van der Waals surface area contributed by atoms with E-state index in [1.54, 1.807) is 6.20 Å². The molecule has 0 aliphatic carbocycles. The summed E-state index contributed by atoms with van der Waals surface area (Å²) in [5.74, 6) is 0. The molecule has 8 aromatic heterocycles. The van der Waals surface area contributed by atoms with E-state index in [1.807, 2.05) is 47.1 Å². The maximum absolute atomic E-state index is 5.59. The second-order valence-corrected chi connectivity index (χ2v) is 24.8. The Balaban J connectivity index is 0.000000118. The Labute approximate surface area is 506 Å². The second-order valence-electron chi connectivity index (χ2n) is 21.1. The number of rotatable bonds is 3. The van der Waals surface area contributed by atoms with Gasteiger partial charge in [0.2, 0.25) is 0 Å². The lowest BCUT2D eigenvalue weighted by Gasteiger charge is -2.14. The third-order valence-electron chi connectivity index (χ3n) is 16.4. The van der Waals surface area contributed by atoms with E-state index in [-0.39, 0.29) is 6.17 Å². The van der Waals surface area contributed by atoms with Crippen LogP contribution >= 0.6 is 56.9 Å². The number of halogens is 2. The van der Waals surface area contributed by atoms with Crippen molar-refractivity contribution in [1.29, 1.82) is 0 Å². The van der Waals surface area contributed by atoms with Crippen molar-refractivity contribution < 1.29 is 0 Å². The average molecular weight is 1250 g/mol. The number of para-hydroxylation sites is 6. The molecule has 0 amide bonds. The van der Waals surface area contributed by atoms with Crippen LogP contribution in [0.4, 0.5) is 11.4 Å². The zero-order valence-corrected chi connectivity index (χ0v) is 49.1. The van der Waals surface area contributed by atoms with E-state index >= 15 is 0 Å². The van der Waals surface area contributed by atoms with Gasteiger partial charge >= 0.3 is 0 Å². The lowest BCUT2D eigenvalue weighted by molar-refractivity contribution is 0.942. The zero-order chi connectivity index (χ0) is 55.6. The molecule has 0 fully saturated rings. The number of aromatic nitrogens is 6. The summed E-state index contributed by atoms with van der Waals surface area (Å²) in [4.78, 5) is 13.9. The Morgan fingerprint density at radius 3 is 1.61 bits per heavy atom. The molecule has 0 saturated heterocycles. The summed E-state index contributed by atoms with van der Waals surface area (Å²) < 4.78 is 13.4. The van der Waals surface area contributed by atoms with Crippen LogP contribution in [-0.2, 0) is 0 Å². The molecule has 84 heavy (non-hydrogen) atoms. The van der Waals surface area contributed by atoms with Crippen molar-refractivity contribution in [3.63, 3.8) is 0 Å². The number of benzene rings is 10. The van der Waals surface area contributed by atoms with Crippen molar-refractivity contribution in [3.05, 3.63) is 263 Å². The Morgan fingerprint density at radius 2 is 0.964 bits per heavy atom. The minimum atomic E-state index is 0.0426. The molecule has 0 spiro atoms. The van der Waals surface area contributed by atoms with Crippen LogP contribution in [0.5, 0.6) is 0 Å². The van der Waals surface area contributed by atoms with Crippen molar-refractivity contribution in [2.75, 3.05) is 10.6 Å². The molecule has 18 aromatic rings. The summed E-state index contributed by atoms with van der Waals surface area (Å²) in [5.41, 5.74) is 15.9. The van der Waals surface area contributed by atoms with E-state index in [4.69, 9.17) is 21.6 Å². The van der Waals surface area contributed by atoms with Crippen LogP contribution in [0, 0.1) is 3.57 Å². The number of fused-ring (bicyclic) bond motifs is 23. The maximum Gasteiger partial charge on any atom is 0.146 e. The number of anilines is 2. The Hall–Kier alpha value is -9.37. The number of nitrogens with one attached hydrogen (secondary N) is 2. The average Bonchev–Trinajstić information content (AvgIpc) is 2.19. The largest absolute Gasteiger partial charge is 0.360 e. The number of hydrogen-bond acceptors (Lipinski definition) is 7. The van der Waals surface area contributed by atoms with Gasteiger partial charge in [-0.2, -0.15) is 0 Å². The first-order valence-electron chi connectivity index (χ1n) is 27.7. The first kappa shape index (κ1) is 49.3. The Morgan fingerprint density at radius 1 is 0.417 bits per heavy atom. The topological polar surface area (TPSA) is 77.0 Å². The standard InChI is InChI=1S/C36H20N4S.C31H21N3S.C5H3ClIN/c1-2-9-21(10-3-1)39-30-20-26-25(34-29(14-8-18-37-34)40-28-13-6-5-12-27(28)38-36(26)40)19-24(30)22-16-17-32-33(35(22)39)23-11-4-7-15-31(23)41-32;1-2-8-20(9-3-1)34-26-18-19(31-32-24-11-5-6-12-25(24)33-31)14-15-21(26)22-16-17-28-29(30(22)34)23-10-4-7-13-27(23)35-28;6-5-4(7)2-1-3-8-5/h1-20H;1-18,31-33H;1-3H. The first-order chi connectivity index (χ1) is 41.5. The number of hydrogen-bond donors (Lipinski definition) is 2. The number of imidazole rings is 1. The van der Waals surface area contributed by atoms with Crippen LogP contribution < -0.4 is 10.6 Å². The highest BCUT2D eigenvalue weighted by atomic mass is 127. The molecule has 1 aliphatic heterocycles. The Bertz CT molecular complexity index is 5640. The van der Waals surface area contributed by atoms with Gasteiger partial charge in [-0.3, -0.25) is 9.38 Å². The molecule has 398 valence electrons. The maximum atomic E-state index is 5.59. The molecule has 0 saturated carbocycles. The number of pyridine rings is 3. The second kappa shape index (κ2) is 19.6. The molecule has 8 nitrogen and oxygen atoms in total. The summed E-state index contributed by atoms with van der Waals surface area (Å²) in [6.07, 6.45) is 3.61. The molecule has 19 rings (SSSR count). The van der Waals surface area contributed by atoms with Gasteiger partial charge in [0.25, 0.3) is 0 Å². The van der Waals surface area contributed by atoms with Crippen molar-refractivity contribution >= 4 is 191 Å². The highest BCUT2D eigenvalue weighted by Gasteiger charge is 2.25. The number of thiophene rings is 2. The van der Waals surface area contributed by atoms with Gasteiger partial charge in [-0.05, 0) is 143 Å². The van der Waals surface area contributed by atoms with E-state index in [0.29, 0.717) is 5.15 Å². The SMILES string of the molecule is Clc1ncccc1I.c1ccc(-n2c3cc(C4Nc5ccccc5N4)ccc3c3ccc4sc5ccccc5c4c32)cc1.c1ccc(-n2c3cc4c(cc3c3ccc5sc6ccccc6c5c32)c2ncccc2n2c3ccccc3nc42)cc1. The molecular weight excluding hydrogens is 1200 g/mol. The van der Waals surface area contributed by atoms with Gasteiger partial charge in [0.05, 0.1) is 59.1 Å². The van der Waals surface area contributed by atoms with Crippen LogP contribution in [0.3, 0.4) is 0 Å². The molecule has 0 atom stereocenters. The molecule has 9 heterocycles. The van der Waals surface area contributed by atoms with Crippen LogP contribution in [0.2, 0.25) is 5.15 Å². The van der Waals surface area contributed by atoms with Crippen LogP contribution in [-0.4, -0.2) is 28.5 Å². The smallest absolute Gasteiger partial charge is 0.146 e. The van der Waals surface area contributed by atoms with Gasteiger partial charge in [0.15, 0.2) is 0 Å². The minimum absolute atomic E-state index is 0.0426. The minimum Gasteiger partial charge on any atom is -0.360 e. The van der Waals surface area contributed by atoms with Crippen molar-refractivity contribution in [3.8, 4) is 11.4 Å². The van der Waals surface area contributed by atoms with Crippen molar-refractivity contribution in [2.24, 2.45) is 0 Å². The van der Waals surface area contributed by atoms with Crippen LogP contribution in [0.1, 0.15) is 11.7 Å². The summed E-state index contributed by atoms with van der Waals surface area (Å²) in [5, 5.41) is 20.4. The Kier molecular flexibility index (Phi) is 11.5. The van der Waals surface area contributed by atoms with Crippen LogP contribution in [0.25, 0.3) is 134 Å². The van der Waals surface area contributed by atoms with E-state index in [0.717, 1.165) is 59.1 Å². The first-order valence-corrected chi connectivity index (χ1v) is 30.8. The van der Waals surface area contributed by atoms with Gasteiger partial charge in [-0.15, -0.1) is 22.7 Å². The molecule has 0 bridgehead atoms. The summed E-state index contributed by atoms with van der Waals surface area (Å²) in [7, 11) is 0. The quantitative estimate of drug-likeness (QED) is 0.105. The van der Waals surface area contributed by atoms with E-state index < -0.39 is 0 Å². The normalized spacial score (nSPS) is 12.5. The lowest BCUT2D eigenvalue weighted by Crippen LogP contribution is -2.12. The predicted octanol–water partition coefficient (Wildman–Crippen LogP) is 20.7. The summed E-state index contributed by atoms with van der Waals surface area (Å²) in [6, 6.07) is 84.5. The van der Waals surface area contributed by atoms with Crippen molar-refractivity contribution in [2.45, 2.75) is 6.17 Å². The van der Waals surface area contributed by atoms with Crippen molar-refractivity contribution in [1.82, 2.24) is 28.5 Å². The third-order valence-corrected chi connectivity index (χ3v) is 20.1. The molecule has 10 aromatic carbocycles. The van der Waals surface area contributed by atoms with Gasteiger partial charge in [-0.1, -0.05) is 133 Å². The van der Waals surface area contributed by atoms with E-state index in [9.17, 15) is 0 Å². The fraction of sp³-hybridized carbons (Fsp3) is 0.0139. The monoisotopic (exact) mass is 1250 g/mol. The third kappa shape index (κ3) is 7.73. The van der Waals surface area contributed by atoms with Gasteiger partial charge < -0.3 is 19.8 Å². The highest BCUT2D eigenvalue weighted by Crippen LogP contribution is 2.47. The highest BCUT2D eigenvalue weighted by molar-refractivity contribution is 14.1. The van der Waals surface area contributed by atoms with Gasteiger partial charge in [0.1, 0.15) is 17.0 Å². The summed E-state index contributed by atoms with van der Waals surface area (Å²) >= 11 is 11.5. The molecule has 12 heteroatoms. The predicted molar refractivity (Wildman–Crippen MR) is 365 cm³/mol. The fourth-order valence-electron chi connectivity index (χ4n) is 12.8. The molecule has 0 unspecified atom stereocenters. The number of nitrogens with zero attached hydrogens (tertiary/aromatic N) is 6. The van der Waals surface area contributed by atoms with Crippen LogP contribution in [0.15, 0.2) is 249 Å². The van der Waals surface area contributed by atoms with E-state index in [2.05, 4.69) is 270 Å². The van der Waals surface area contributed by atoms with E-state index in [1.165, 1.54) is 95.2 Å². The molecule has 1 aliphatic rings. The fourth-order valence-corrected chi connectivity index (χ4v) is 15.5.